The molecule has 1 aromatic carbocycles. The van der Waals surface area contributed by atoms with Crippen molar-refractivity contribution in [2.75, 3.05) is 7.11 Å². The van der Waals surface area contributed by atoms with Crippen molar-refractivity contribution in [2.45, 2.75) is 12.8 Å². The summed E-state index contributed by atoms with van der Waals surface area (Å²) < 4.78 is 43.1. The van der Waals surface area contributed by atoms with Crippen molar-refractivity contribution in [1.82, 2.24) is 0 Å². The van der Waals surface area contributed by atoms with Gasteiger partial charge in [0.2, 0.25) is 0 Å². The van der Waals surface area contributed by atoms with Crippen LogP contribution in [0.5, 0.6) is 0 Å². The number of rotatable bonds is 3. The normalized spacial score (nSPS) is 11.8. The number of alkyl halides is 3. The van der Waals surface area contributed by atoms with E-state index in [0.29, 0.717) is 10.4 Å². The van der Waals surface area contributed by atoms with Crippen molar-refractivity contribution in [1.29, 1.82) is 0 Å². The molecule has 0 radical (unpaired) electrons. The number of halogens is 3. The summed E-state index contributed by atoms with van der Waals surface area (Å²) in [6.07, 6.45) is -4.31. The first-order valence-corrected chi connectivity index (χ1v) is 6.08. The smallest absolute Gasteiger partial charge is 0.379 e. The van der Waals surface area contributed by atoms with E-state index in [1.807, 2.05) is 6.07 Å². The molecular weight excluding hydrogens is 261 g/mol. The molecule has 2 aromatic rings. The summed E-state index contributed by atoms with van der Waals surface area (Å²) in [5, 5.41) is 0. The minimum atomic E-state index is -4.31. The van der Waals surface area contributed by atoms with Gasteiger partial charge >= 0.3 is 6.18 Å². The zero-order valence-electron chi connectivity index (χ0n) is 9.62. The highest BCUT2D eigenvalue weighted by atomic mass is 32.1. The van der Waals surface area contributed by atoms with E-state index < -0.39 is 11.1 Å². The lowest BCUT2D eigenvalue weighted by Gasteiger charge is -2.02. The summed E-state index contributed by atoms with van der Waals surface area (Å²) in [4.78, 5) is 0.00410. The van der Waals surface area contributed by atoms with E-state index in [1.54, 1.807) is 24.3 Å². The van der Waals surface area contributed by atoms with Gasteiger partial charge in [-0.15, -0.1) is 11.3 Å². The van der Waals surface area contributed by atoms with E-state index in [9.17, 15) is 13.2 Å². The molecule has 5 heteroatoms. The van der Waals surface area contributed by atoms with Crippen LogP contribution in [0.3, 0.4) is 0 Å². The van der Waals surface area contributed by atoms with E-state index in [1.165, 1.54) is 13.2 Å². The molecule has 0 saturated carbocycles. The molecule has 0 bridgehead atoms. The number of benzene rings is 1. The Bertz CT molecular complexity index is 517. The summed E-state index contributed by atoms with van der Waals surface area (Å²) in [6.45, 7) is 0.185. The first-order valence-electron chi connectivity index (χ1n) is 5.26. The van der Waals surface area contributed by atoms with Crippen molar-refractivity contribution in [3.63, 3.8) is 0 Å². The molecule has 0 saturated heterocycles. The van der Waals surface area contributed by atoms with Crippen LogP contribution < -0.4 is 0 Å². The maximum Gasteiger partial charge on any atom is 0.425 e. The van der Waals surface area contributed by atoms with Gasteiger partial charge in [-0.05, 0) is 17.2 Å². The van der Waals surface area contributed by atoms with Gasteiger partial charge in [0.15, 0.2) is 0 Å². The van der Waals surface area contributed by atoms with Crippen molar-refractivity contribution < 1.29 is 17.9 Å². The van der Waals surface area contributed by atoms with Gasteiger partial charge in [0, 0.05) is 12.0 Å². The van der Waals surface area contributed by atoms with Crippen LogP contribution >= 0.6 is 11.3 Å². The predicted octanol–water partition coefficient (Wildman–Crippen LogP) is 4.58. The highest BCUT2D eigenvalue weighted by molar-refractivity contribution is 7.12. The molecule has 0 aliphatic heterocycles. The van der Waals surface area contributed by atoms with Gasteiger partial charge in [0.1, 0.15) is 4.88 Å². The number of hydrogen-bond donors (Lipinski definition) is 0. The van der Waals surface area contributed by atoms with E-state index >= 15 is 0 Å². The number of ether oxygens (including phenoxy) is 1. The van der Waals surface area contributed by atoms with Crippen molar-refractivity contribution in [2.24, 2.45) is 0 Å². The fourth-order valence-electron chi connectivity index (χ4n) is 1.67. The van der Waals surface area contributed by atoms with Gasteiger partial charge in [-0.2, -0.15) is 13.2 Å². The molecule has 96 valence electrons. The molecule has 0 N–H and O–H groups in total. The number of hydrogen-bond acceptors (Lipinski definition) is 2. The standard InChI is InChI=1S/C13H11F3OS/c1-17-8-11-10(9-5-3-2-4-6-9)7-12(18-11)13(14,15)16/h2-7H,8H2,1H3. The monoisotopic (exact) mass is 272 g/mol. The van der Waals surface area contributed by atoms with Crippen LogP contribution in [-0.2, 0) is 17.5 Å². The molecule has 1 aromatic heterocycles. The summed E-state index contributed by atoms with van der Waals surface area (Å²) in [6, 6.07) is 10.2. The highest BCUT2D eigenvalue weighted by Crippen LogP contribution is 2.40. The lowest BCUT2D eigenvalue weighted by Crippen LogP contribution is -2.00. The first-order chi connectivity index (χ1) is 8.52. The lowest BCUT2D eigenvalue weighted by molar-refractivity contribution is -0.134. The molecule has 1 heterocycles. The zero-order chi connectivity index (χ0) is 13.2. The third-order valence-electron chi connectivity index (χ3n) is 2.45. The molecule has 0 aliphatic carbocycles. The Morgan fingerprint density at radius 3 is 2.39 bits per heavy atom. The number of methoxy groups -OCH3 is 1. The van der Waals surface area contributed by atoms with Crippen LogP contribution in [0, 0.1) is 0 Å². The van der Waals surface area contributed by atoms with Gasteiger partial charge in [0.25, 0.3) is 0 Å². The Morgan fingerprint density at radius 1 is 1.17 bits per heavy atom. The Kier molecular flexibility index (Phi) is 3.73. The maximum atomic E-state index is 12.7. The van der Waals surface area contributed by atoms with E-state index in [4.69, 9.17) is 4.74 Å². The Morgan fingerprint density at radius 2 is 1.83 bits per heavy atom. The predicted molar refractivity (Wildman–Crippen MR) is 65.5 cm³/mol. The van der Waals surface area contributed by atoms with Crippen LogP contribution in [0.1, 0.15) is 9.75 Å². The third-order valence-corrected chi connectivity index (χ3v) is 3.60. The Balaban J connectivity index is 2.49. The molecule has 18 heavy (non-hydrogen) atoms. The molecular formula is C13H11F3OS. The highest BCUT2D eigenvalue weighted by Gasteiger charge is 2.33. The fourth-order valence-corrected chi connectivity index (χ4v) is 2.69. The summed E-state index contributed by atoms with van der Waals surface area (Å²) in [5.74, 6) is 0. The van der Waals surface area contributed by atoms with Gasteiger partial charge in [-0.3, -0.25) is 0 Å². The van der Waals surface area contributed by atoms with Crippen LogP contribution in [0.2, 0.25) is 0 Å². The molecule has 0 aliphatic rings. The second-order valence-corrected chi connectivity index (χ2v) is 4.88. The van der Waals surface area contributed by atoms with Crippen molar-refractivity contribution in [3.05, 3.63) is 46.2 Å². The average molecular weight is 272 g/mol. The molecule has 0 fully saturated rings. The lowest BCUT2D eigenvalue weighted by atomic mass is 10.1. The summed E-state index contributed by atoms with van der Waals surface area (Å²) in [5.41, 5.74) is 1.37. The Labute approximate surface area is 107 Å². The zero-order valence-corrected chi connectivity index (χ0v) is 10.4. The van der Waals surface area contributed by atoms with E-state index in [2.05, 4.69) is 0 Å². The van der Waals surface area contributed by atoms with E-state index in [-0.39, 0.29) is 6.61 Å². The molecule has 0 amide bonds. The minimum Gasteiger partial charge on any atom is -0.379 e. The van der Waals surface area contributed by atoms with Crippen molar-refractivity contribution in [3.8, 4) is 11.1 Å². The third kappa shape index (κ3) is 2.73. The Hall–Kier alpha value is -1.33. The molecule has 0 unspecified atom stereocenters. The largest absolute Gasteiger partial charge is 0.425 e. The maximum absolute atomic E-state index is 12.7. The van der Waals surface area contributed by atoms with Gasteiger partial charge in [-0.25, -0.2) is 0 Å². The minimum absolute atomic E-state index is 0.185. The second kappa shape index (κ2) is 5.12. The quantitative estimate of drug-likeness (QED) is 0.794. The molecule has 0 atom stereocenters. The molecule has 0 spiro atoms. The van der Waals surface area contributed by atoms with Crippen LogP contribution in [0.4, 0.5) is 13.2 Å². The first kappa shape index (κ1) is 13.1. The SMILES string of the molecule is COCc1sc(C(F)(F)F)cc1-c1ccccc1. The van der Waals surface area contributed by atoms with E-state index in [0.717, 1.165) is 16.9 Å². The van der Waals surface area contributed by atoms with Gasteiger partial charge in [0.05, 0.1) is 6.61 Å². The number of thiophene rings is 1. The van der Waals surface area contributed by atoms with Crippen LogP contribution in [0.25, 0.3) is 11.1 Å². The summed E-state index contributed by atoms with van der Waals surface area (Å²) >= 11 is 0.736. The molecule has 1 nitrogen and oxygen atoms in total. The van der Waals surface area contributed by atoms with Gasteiger partial charge in [-0.1, -0.05) is 30.3 Å². The fraction of sp³-hybridized carbons (Fsp3) is 0.231. The topological polar surface area (TPSA) is 9.23 Å². The van der Waals surface area contributed by atoms with Crippen LogP contribution in [-0.4, -0.2) is 7.11 Å². The second-order valence-electron chi connectivity index (χ2n) is 3.74. The van der Waals surface area contributed by atoms with Crippen LogP contribution in [0.15, 0.2) is 36.4 Å². The average Bonchev–Trinajstić information content (AvgIpc) is 2.75. The van der Waals surface area contributed by atoms with Gasteiger partial charge < -0.3 is 4.74 Å². The van der Waals surface area contributed by atoms with Crippen molar-refractivity contribution >= 4 is 11.3 Å². The molecule has 2 rings (SSSR count). The summed E-state index contributed by atoms with van der Waals surface area (Å²) in [7, 11) is 1.47.